The molecule has 1 heterocycles. The highest BCUT2D eigenvalue weighted by molar-refractivity contribution is 5.93. The molecule has 1 aliphatic rings. The zero-order chi connectivity index (χ0) is 18.4. The Hall–Kier alpha value is -2.64. The highest BCUT2D eigenvalue weighted by Gasteiger charge is 2.26. The molecule has 0 spiro atoms. The maximum absolute atomic E-state index is 12.3. The number of hydrogen-bond donors (Lipinski definition) is 1. The van der Waals surface area contributed by atoms with Gasteiger partial charge in [0.05, 0.1) is 10.5 Å². The van der Waals surface area contributed by atoms with Crippen LogP contribution in [0.1, 0.15) is 43.0 Å². The maximum Gasteiger partial charge on any atom is 0.338 e. The Bertz CT molecular complexity index is 662. The second kappa shape index (κ2) is 8.46. The van der Waals surface area contributed by atoms with Gasteiger partial charge < -0.3 is 15.0 Å². The fourth-order valence-electron chi connectivity index (χ4n) is 3.07. The molecule has 0 bridgehead atoms. The lowest BCUT2D eigenvalue weighted by molar-refractivity contribution is -0.384. The fourth-order valence-corrected chi connectivity index (χ4v) is 3.07. The quantitative estimate of drug-likeness (QED) is 0.481. The van der Waals surface area contributed by atoms with E-state index in [0.717, 1.165) is 31.7 Å². The first kappa shape index (κ1) is 18.7. The predicted molar refractivity (Wildman–Crippen MR) is 92.6 cm³/mol. The lowest BCUT2D eigenvalue weighted by Crippen LogP contribution is -2.45. The third-order valence-electron chi connectivity index (χ3n) is 4.44. The predicted octanol–water partition coefficient (Wildman–Crippen LogP) is 2.58. The van der Waals surface area contributed by atoms with Crippen LogP contribution < -0.4 is 5.32 Å². The first-order valence-corrected chi connectivity index (χ1v) is 8.40. The Morgan fingerprint density at radius 3 is 2.80 bits per heavy atom. The molecule has 0 radical (unpaired) electrons. The van der Waals surface area contributed by atoms with E-state index in [1.807, 2.05) is 6.92 Å². The number of anilines is 1. The third kappa shape index (κ3) is 4.46. The van der Waals surface area contributed by atoms with Crippen LogP contribution in [-0.2, 0) is 9.53 Å². The minimum absolute atomic E-state index is 0.0455. The average molecular weight is 349 g/mol. The number of esters is 1. The van der Waals surface area contributed by atoms with Gasteiger partial charge in [-0.1, -0.05) is 6.92 Å². The minimum atomic E-state index is -0.746. The molecule has 1 saturated heterocycles. The van der Waals surface area contributed by atoms with Crippen molar-refractivity contribution in [2.24, 2.45) is 0 Å². The Morgan fingerprint density at radius 1 is 1.40 bits per heavy atom. The van der Waals surface area contributed by atoms with Gasteiger partial charge in [0, 0.05) is 25.7 Å². The Kier molecular flexibility index (Phi) is 6.32. The highest BCUT2D eigenvalue weighted by Crippen LogP contribution is 2.25. The van der Waals surface area contributed by atoms with Crippen LogP contribution >= 0.6 is 0 Å². The topological polar surface area (TPSA) is 102 Å². The van der Waals surface area contributed by atoms with E-state index in [2.05, 4.69) is 5.32 Å². The molecule has 2 rings (SSSR count). The van der Waals surface area contributed by atoms with Gasteiger partial charge in [0.1, 0.15) is 5.69 Å². The smallest absolute Gasteiger partial charge is 0.338 e. The molecular weight excluding hydrogens is 326 g/mol. The summed E-state index contributed by atoms with van der Waals surface area (Å²) in [6, 6.07) is 4.21. The van der Waals surface area contributed by atoms with Gasteiger partial charge in [-0.2, -0.15) is 0 Å². The molecular formula is C17H23N3O5. The molecule has 1 aromatic carbocycles. The van der Waals surface area contributed by atoms with Crippen LogP contribution in [0.3, 0.4) is 0 Å². The number of likely N-dealkylation sites (tertiary alicyclic amines) is 1. The zero-order valence-electron chi connectivity index (χ0n) is 14.5. The number of carbonyl (C=O) groups is 2. The van der Waals surface area contributed by atoms with Crippen molar-refractivity contribution in [3.05, 3.63) is 33.9 Å². The molecule has 1 amide bonds. The normalized spacial score (nSPS) is 17.0. The van der Waals surface area contributed by atoms with Crippen molar-refractivity contribution in [2.45, 2.75) is 38.6 Å². The van der Waals surface area contributed by atoms with Crippen molar-refractivity contribution in [3.63, 3.8) is 0 Å². The van der Waals surface area contributed by atoms with Gasteiger partial charge in [-0.15, -0.1) is 0 Å². The first-order valence-electron chi connectivity index (χ1n) is 8.40. The number of benzene rings is 1. The second-order valence-electron chi connectivity index (χ2n) is 5.96. The molecule has 1 unspecified atom stereocenters. The maximum atomic E-state index is 12.3. The van der Waals surface area contributed by atoms with Crippen LogP contribution in [0.2, 0.25) is 0 Å². The summed E-state index contributed by atoms with van der Waals surface area (Å²) >= 11 is 0. The van der Waals surface area contributed by atoms with E-state index in [-0.39, 0.29) is 29.8 Å². The van der Waals surface area contributed by atoms with Crippen molar-refractivity contribution in [1.29, 1.82) is 0 Å². The summed E-state index contributed by atoms with van der Waals surface area (Å²) in [6.07, 6.45) is 3.89. The van der Waals surface area contributed by atoms with E-state index >= 15 is 0 Å². The standard InChI is InChI=1S/C17H23N3O5/c1-3-13-6-4-5-9-19(13)16(21)11-25-17(22)12-7-8-14(18-2)15(10-12)20(23)24/h7-8,10,13,18H,3-6,9,11H2,1-2H3. The van der Waals surface area contributed by atoms with Crippen LogP contribution in [0.4, 0.5) is 11.4 Å². The number of nitrogens with zero attached hydrogens (tertiary/aromatic N) is 2. The van der Waals surface area contributed by atoms with Crippen molar-refractivity contribution >= 4 is 23.3 Å². The molecule has 1 N–H and O–H groups in total. The number of carbonyl (C=O) groups excluding carboxylic acids is 2. The van der Waals surface area contributed by atoms with E-state index in [0.29, 0.717) is 12.2 Å². The summed E-state index contributed by atoms with van der Waals surface area (Å²) in [5, 5.41) is 13.7. The summed E-state index contributed by atoms with van der Waals surface area (Å²) in [6.45, 7) is 2.36. The Labute approximate surface area is 146 Å². The van der Waals surface area contributed by atoms with Crippen LogP contribution in [0.25, 0.3) is 0 Å². The number of amides is 1. The molecule has 0 aromatic heterocycles. The average Bonchev–Trinajstić information content (AvgIpc) is 2.65. The van der Waals surface area contributed by atoms with Gasteiger partial charge in [0.15, 0.2) is 6.61 Å². The van der Waals surface area contributed by atoms with Crippen molar-refractivity contribution in [3.8, 4) is 0 Å². The third-order valence-corrected chi connectivity index (χ3v) is 4.44. The molecule has 0 saturated carbocycles. The van der Waals surface area contributed by atoms with E-state index < -0.39 is 10.9 Å². The molecule has 136 valence electrons. The molecule has 1 fully saturated rings. The Balaban J connectivity index is 2.01. The van der Waals surface area contributed by atoms with Gasteiger partial charge in [-0.05, 0) is 37.8 Å². The van der Waals surface area contributed by atoms with Gasteiger partial charge in [-0.3, -0.25) is 14.9 Å². The first-order chi connectivity index (χ1) is 12.0. The molecule has 1 aliphatic heterocycles. The zero-order valence-corrected chi connectivity index (χ0v) is 14.5. The largest absolute Gasteiger partial charge is 0.452 e. The van der Waals surface area contributed by atoms with E-state index in [9.17, 15) is 19.7 Å². The van der Waals surface area contributed by atoms with Gasteiger partial charge in [0.25, 0.3) is 11.6 Å². The molecule has 8 nitrogen and oxygen atoms in total. The van der Waals surface area contributed by atoms with Gasteiger partial charge >= 0.3 is 5.97 Å². The molecule has 25 heavy (non-hydrogen) atoms. The fraction of sp³-hybridized carbons (Fsp3) is 0.529. The van der Waals surface area contributed by atoms with Crippen molar-refractivity contribution in [2.75, 3.05) is 25.5 Å². The van der Waals surface area contributed by atoms with E-state index in [4.69, 9.17) is 4.74 Å². The number of nitro benzene ring substituents is 1. The Morgan fingerprint density at radius 2 is 2.16 bits per heavy atom. The minimum Gasteiger partial charge on any atom is -0.452 e. The lowest BCUT2D eigenvalue weighted by atomic mass is 10.00. The summed E-state index contributed by atoms with van der Waals surface area (Å²) in [5.41, 5.74) is 0.131. The SMILES string of the molecule is CCC1CCCCN1C(=O)COC(=O)c1ccc(NC)c([N+](=O)[O-])c1. The van der Waals surface area contributed by atoms with Gasteiger partial charge in [0.2, 0.25) is 0 Å². The number of nitrogens with one attached hydrogen (secondary N) is 1. The van der Waals surface area contributed by atoms with Crippen molar-refractivity contribution in [1.82, 2.24) is 4.90 Å². The van der Waals surface area contributed by atoms with Crippen molar-refractivity contribution < 1.29 is 19.2 Å². The summed E-state index contributed by atoms with van der Waals surface area (Å²) in [7, 11) is 1.56. The second-order valence-corrected chi connectivity index (χ2v) is 5.96. The summed E-state index contributed by atoms with van der Waals surface area (Å²) < 4.78 is 5.07. The lowest BCUT2D eigenvalue weighted by Gasteiger charge is -2.35. The number of piperidine rings is 1. The number of rotatable bonds is 6. The molecule has 1 aromatic rings. The number of ether oxygens (including phenoxy) is 1. The van der Waals surface area contributed by atoms with Crippen LogP contribution in [-0.4, -0.2) is 47.9 Å². The van der Waals surface area contributed by atoms with Crippen LogP contribution in [0.15, 0.2) is 18.2 Å². The molecule has 1 atom stereocenters. The summed E-state index contributed by atoms with van der Waals surface area (Å²) in [4.78, 5) is 36.7. The highest BCUT2D eigenvalue weighted by atomic mass is 16.6. The molecule has 0 aliphatic carbocycles. The van der Waals surface area contributed by atoms with Crippen LogP contribution in [0, 0.1) is 10.1 Å². The van der Waals surface area contributed by atoms with Gasteiger partial charge in [-0.25, -0.2) is 4.79 Å². The van der Waals surface area contributed by atoms with E-state index in [1.165, 1.54) is 12.1 Å². The summed E-state index contributed by atoms with van der Waals surface area (Å²) in [5.74, 6) is -0.967. The number of hydrogen-bond acceptors (Lipinski definition) is 6. The number of nitro groups is 1. The monoisotopic (exact) mass is 349 g/mol. The molecule has 8 heteroatoms. The van der Waals surface area contributed by atoms with Crippen LogP contribution in [0.5, 0.6) is 0 Å². The van der Waals surface area contributed by atoms with E-state index in [1.54, 1.807) is 11.9 Å².